The summed E-state index contributed by atoms with van der Waals surface area (Å²) < 4.78 is 5.25. The first-order valence-electron chi connectivity index (χ1n) is 14.8. The zero-order chi connectivity index (χ0) is 27.7. The van der Waals surface area contributed by atoms with E-state index in [0.29, 0.717) is 0 Å². The van der Waals surface area contributed by atoms with E-state index in [4.69, 9.17) is 0 Å². The molecule has 1 aliphatic rings. The fourth-order valence-corrected chi connectivity index (χ4v) is 11.6. The summed E-state index contributed by atoms with van der Waals surface area (Å²) in [6.45, 7) is 4.57. The van der Waals surface area contributed by atoms with Crippen LogP contribution >= 0.6 is 65.9 Å². The van der Waals surface area contributed by atoms with Crippen molar-refractivity contribution in [2.45, 2.75) is 83.5 Å². The molecule has 3 heterocycles. The summed E-state index contributed by atoms with van der Waals surface area (Å²) in [5.74, 6) is 0. The molecule has 2 aromatic carbocycles. The molecule has 208 valence electrons. The molecule has 0 nitrogen and oxygen atoms in total. The van der Waals surface area contributed by atoms with E-state index in [1.54, 1.807) is 0 Å². The minimum atomic E-state index is -0.308. The highest BCUT2D eigenvalue weighted by atomic mass is 79.9. The lowest BCUT2D eigenvalue weighted by Gasteiger charge is -2.33. The highest BCUT2D eigenvalue weighted by molar-refractivity contribution is 9.11. The van der Waals surface area contributed by atoms with Gasteiger partial charge in [0.25, 0.3) is 0 Å². The SMILES string of the molecule is CCCCCCc1ccc(C2(c3ccc(CCCCCC)cc3)c3cc(Br)sc3-c3sc4cc(Br)sc4c32)cc1. The van der Waals surface area contributed by atoms with Crippen LogP contribution in [-0.2, 0) is 18.3 Å². The van der Waals surface area contributed by atoms with Gasteiger partial charge in [0.15, 0.2) is 0 Å². The van der Waals surface area contributed by atoms with Crippen LogP contribution in [0.25, 0.3) is 19.2 Å². The Hall–Kier alpha value is -1.24. The molecule has 0 amide bonds. The third kappa shape index (κ3) is 5.24. The Morgan fingerprint density at radius 3 is 1.70 bits per heavy atom. The van der Waals surface area contributed by atoms with Crippen molar-refractivity contribution in [3.05, 3.63) is 102 Å². The van der Waals surface area contributed by atoms with Crippen LogP contribution in [-0.4, -0.2) is 0 Å². The number of fused-ring (bicyclic) bond motifs is 5. The molecule has 0 spiro atoms. The lowest BCUT2D eigenvalue weighted by Crippen LogP contribution is -2.28. The van der Waals surface area contributed by atoms with Gasteiger partial charge in [0.1, 0.15) is 0 Å². The molecule has 0 atom stereocenters. The van der Waals surface area contributed by atoms with Crippen LogP contribution in [0.2, 0.25) is 0 Å². The molecule has 0 aliphatic heterocycles. The van der Waals surface area contributed by atoms with Gasteiger partial charge >= 0.3 is 0 Å². The first kappa shape index (κ1) is 28.9. The third-order valence-electron chi connectivity index (χ3n) is 8.43. The van der Waals surface area contributed by atoms with E-state index in [-0.39, 0.29) is 5.41 Å². The number of hydrogen-bond acceptors (Lipinski definition) is 3. The Morgan fingerprint density at radius 2 is 1.15 bits per heavy atom. The fraction of sp³-hybridized carbons (Fsp3) is 0.371. The van der Waals surface area contributed by atoms with Crippen LogP contribution in [0.3, 0.4) is 0 Å². The molecule has 6 rings (SSSR count). The lowest BCUT2D eigenvalue weighted by atomic mass is 9.68. The maximum atomic E-state index is 3.88. The largest absolute Gasteiger partial charge is 0.133 e. The van der Waals surface area contributed by atoms with E-state index in [1.807, 2.05) is 34.0 Å². The van der Waals surface area contributed by atoms with Gasteiger partial charge in [-0.15, -0.1) is 34.0 Å². The summed E-state index contributed by atoms with van der Waals surface area (Å²) in [5.41, 5.74) is 8.29. The maximum Gasteiger partial charge on any atom is 0.0745 e. The maximum absolute atomic E-state index is 3.88. The van der Waals surface area contributed by atoms with Crippen LogP contribution in [0.1, 0.15) is 98.6 Å². The molecule has 0 fully saturated rings. The van der Waals surface area contributed by atoms with Gasteiger partial charge in [-0.05, 0) is 97.5 Å². The molecule has 3 aromatic heterocycles. The summed E-state index contributed by atoms with van der Waals surface area (Å²) in [5, 5.41) is 0. The molecule has 0 radical (unpaired) electrons. The van der Waals surface area contributed by atoms with E-state index >= 15 is 0 Å². The first-order chi connectivity index (χ1) is 19.6. The summed E-state index contributed by atoms with van der Waals surface area (Å²) in [4.78, 5) is 2.88. The number of rotatable bonds is 12. The number of thiophene rings is 3. The summed E-state index contributed by atoms with van der Waals surface area (Å²) >= 11 is 13.4. The molecular weight excluding hydrogens is 676 g/mol. The van der Waals surface area contributed by atoms with Crippen LogP contribution in [0.15, 0.2) is 68.2 Å². The van der Waals surface area contributed by atoms with Crippen molar-refractivity contribution in [3.8, 4) is 9.75 Å². The van der Waals surface area contributed by atoms with Gasteiger partial charge in [0.05, 0.1) is 27.4 Å². The van der Waals surface area contributed by atoms with Gasteiger partial charge in [-0.3, -0.25) is 0 Å². The molecule has 0 unspecified atom stereocenters. The zero-order valence-electron chi connectivity index (χ0n) is 23.3. The van der Waals surface area contributed by atoms with Crippen LogP contribution in [0, 0.1) is 0 Å². The van der Waals surface area contributed by atoms with E-state index < -0.39 is 0 Å². The van der Waals surface area contributed by atoms with Crippen molar-refractivity contribution in [1.82, 2.24) is 0 Å². The Labute approximate surface area is 268 Å². The zero-order valence-corrected chi connectivity index (χ0v) is 28.9. The van der Waals surface area contributed by atoms with Gasteiger partial charge in [-0.1, -0.05) is 101 Å². The summed E-state index contributed by atoms with van der Waals surface area (Å²) in [7, 11) is 0. The average molecular weight is 713 g/mol. The number of benzene rings is 2. The average Bonchev–Trinajstić information content (AvgIpc) is 3.68. The van der Waals surface area contributed by atoms with E-state index in [9.17, 15) is 0 Å². The second-order valence-electron chi connectivity index (χ2n) is 11.1. The number of hydrogen-bond donors (Lipinski definition) is 0. The standard InChI is InChI=1S/C35H36Br2S3/c1-3-5-7-9-11-23-13-17-25(18-14-23)35(26-19-15-24(16-20-26)12-10-8-6-4-2)27-21-29(36)39-32(27)34-31(35)33-28(38-34)22-30(37)40-33/h13-22H,3-12H2,1-2H3. The Bertz CT molecular complexity index is 1530. The summed E-state index contributed by atoms with van der Waals surface area (Å²) in [6, 6.07) is 24.1. The van der Waals surface area contributed by atoms with Crippen molar-refractivity contribution in [2.75, 3.05) is 0 Å². The molecule has 0 saturated heterocycles. The van der Waals surface area contributed by atoms with Crippen molar-refractivity contribution < 1.29 is 0 Å². The molecule has 0 N–H and O–H groups in total. The molecule has 1 aliphatic carbocycles. The predicted molar refractivity (Wildman–Crippen MR) is 186 cm³/mol. The quantitative estimate of drug-likeness (QED) is 0.111. The van der Waals surface area contributed by atoms with E-state index in [2.05, 4.69) is 106 Å². The van der Waals surface area contributed by atoms with Crippen molar-refractivity contribution in [3.63, 3.8) is 0 Å². The fourth-order valence-electron chi connectivity index (χ4n) is 6.42. The van der Waals surface area contributed by atoms with E-state index in [1.165, 1.54) is 124 Å². The monoisotopic (exact) mass is 710 g/mol. The van der Waals surface area contributed by atoms with Crippen molar-refractivity contribution >= 4 is 75.3 Å². The van der Waals surface area contributed by atoms with Crippen molar-refractivity contribution in [2.24, 2.45) is 0 Å². The third-order valence-corrected chi connectivity index (χ3v) is 13.2. The minimum absolute atomic E-state index is 0.308. The van der Waals surface area contributed by atoms with Gasteiger partial charge in [-0.25, -0.2) is 0 Å². The second-order valence-corrected chi connectivity index (χ2v) is 17.0. The topological polar surface area (TPSA) is 0 Å². The number of aryl methyl sites for hydroxylation is 2. The van der Waals surface area contributed by atoms with Crippen LogP contribution < -0.4 is 0 Å². The van der Waals surface area contributed by atoms with Gasteiger partial charge < -0.3 is 0 Å². The molecule has 0 bridgehead atoms. The first-order valence-corrected chi connectivity index (χ1v) is 18.8. The smallest absolute Gasteiger partial charge is 0.0745 e. The number of unbranched alkanes of at least 4 members (excludes halogenated alkanes) is 6. The molecular formula is C35H36Br2S3. The van der Waals surface area contributed by atoms with E-state index in [0.717, 1.165) is 0 Å². The molecule has 5 heteroatoms. The van der Waals surface area contributed by atoms with Gasteiger partial charge in [0.2, 0.25) is 0 Å². The molecule has 5 aromatic rings. The second kappa shape index (κ2) is 12.6. The minimum Gasteiger partial charge on any atom is -0.133 e. The van der Waals surface area contributed by atoms with Gasteiger partial charge in [-0.2, -0.15) is 0 Å². The highest BCUT2D eigenvalue weighted by Crippen LogP contribution is 2.64. The highest BCUT2D eigenvalue weighted by Gasteiger charge is 2.50. The van der Waals surface area contributed by atoms with Gasteiger partial charge in [0, 0.05) is 10.3 Å². The molecule has 0 saturated carbocycles. The predicted octanol–water partition coefficient (Wildman–Crippen LogP) is 13.2. The summed E-state index contributed by atoms with van der Waals surface area (Å²) in [6.07, 6.45) is 12.8. The normalized spacial score (nSPS) is 13.7. The Kier molecular flexibility index (Phi) is 9.06. The van der Waals surface area contributed by atoms with Crippen LogP contribution in [0.5, 0.6) is 0 Å². The Morgan fingerprint density at radius 1 is 0.600 bits per heavy atom. The van der Waals surface area contributed by atoms with Crippen LogP contribution in [0.4, 0.5) is 0 Å². The van der Waals surface area contributed by atoms with Crippen molar-refractivity contribution in [1.29, 1.82) is 0 Å². The lowest BCUT2D eigenvalue weighted by molar-refractivity contribution is 0.666. The Balaban J connectivity index is 1.49. The number of halogens is 2. The molecule has 40 heavy (non-hydrogen) atoms.